The van der Waals surface area contributed by atoms with Crippen molar-refractivity contribution >= 4 is 21.4 Å². The highest BCUT2D eigenvalue weighted by Gasteiger charge is 2.37. The van der Waals surface area contributed by atoms with Crippen LogP contribution in [0, 0.1) is 0 Å². The first-order chi connectivity index (χ1) is 12.5. The van der Waals surface area contributed by atoms with Gasteiger partial charge in [-0.15, -0.1) is 0 Å². The molecule has 2 aliphatic rings. The quantitative estimate of drug-likeness (QED) is 0.783. The predicted octanol–water partition coefficient (Wildman–Crippen LogP) is 1.32. The van der Waals surface area contributed by atoms with Gasteiger partial charge in [0.25, 0.3) is 10.0 Å². The van der Waals surface area contributed by atoms with E-state index in [9.17, 15) is 8.42 Å². The molecule has 2 fully saturated rings. The fourth-order valence-corrected chi connectivity index (χ4v) is 4.64. The fourth-order valence-electron chi connectivity index (χ4n) is 3.16. The number of morpholine rings is 1. The Labute approximate surface area is 152 Å². The first-order valence-electron chi connectivity index (χ1n) is 8.60. The van der Waals surface area contributed by atoms with Crippen LogP contribution in [0.3, 0.4) is 0 Å². The Bertz CT molecular complexity index is 915. The average Bonchev–Trinajstić information content (AvgIpc) is 3.40. The predicted molar refractivity (Wildman–Crippen MR) is 99.0 cm³/mol. The molecule has 2 aromatic rings. The van der Waals surface area contributed by atoms with Gasteiger partial charge in [-0.25, -0.2) is 8.42 Å². The highest BCUT2D eigenvalue weighted by Crippen LogP contribution is 2.39. The highest BCUT2D eigenvalue weighted by atomic mass is 32.2. The Morgan fingerprint density at radius 1 is 1.27 bits per heavy atom. The summed E-state index contributed by atoms with van der Waals surface area (Å²) in [5.74, 6) is 0.591. The maximum absolute atomic E-state index is 12.4. The molecule has 0 bridgehead atoms. The lowest BCUT2D eigenvalue weighted by Crippen LogP contribution is -2.36. The number of ether oxygens (including phenoxy) is 2. The fraction of sp³-hybridized carbons (Fsp3) is 0.471. The van der Waals surface area contributed by atoms with Crippen molar-refractivity contribution in [1.82, 2.24) is 9.19 Å². The smallest absolute Gasteiger partial charge is 0.256 e. The molecule has 1 saturated heterocycles. The minimum atomic E-state index is -3.40. The summed E-state index contributed by atoms with van der Waals surface area (Å²) in [4.78, 5) is 2.19. The molecule has 1 aliphatic heterocycles. The summed E-state index contributed by atoms with van der Waals surface area (Å²) >= 11 is 0. The summed E-state index contributed by atoms with van der Waals surface area (Å²) in [5, 5.41) is 3.79. The van der Waals surface area contributed by atoms with Gasteiger partial charge in [-0.3, -0.25) is 0 Å². The number of hydrogen-bond acceptors (Lipinski definition) is 7. The van der Waals surface area contributed by atoms with Crippen LogP contribution in [0.15, 0.2) is 24.5 Å². The van der Waals surface area contributed by atoms with Crippen LogP contribution < -0.4 is 15.4 Å². The third kappa shape index (κ3) is 3.01. The van der Waals surface area contributed by atoms with Gasteiger partial charge in [-0.2, -0.15) is 9.19 Å². The normalized spacial score (nSPS) is 18.1. The zero-order chi connectivity index (χ0) is 18.3. The molecule has 8 nitrogen and oxygen atoms in total. The van der Waals surface area contributed by atoms with Crippen LogP contribution in [0.5, 0.6) is 5.75 Å². The van der Waals surface area contributed by atoms with E-state index in [1.807, 2.05) is 12.1 Å². The van der Waals surface area contributed by atoms with Crippen molar-refractivity contribution in [3.05, 3.63) is 24.5 Å². The Balaban J connectivity index is 1.77. The zero-order valence-corrected chi connectivity index (χ0v) is 15.4. The van der Waals surface area contributed by atoms with E-state index in [4.69, 9.17) is 15.2 Å². The molecule has 9 heteroatoms. The molecule has 2 N–H and O–H groups in total. The maximum Gasteiger partial charge on any atom is 0.256 e. The molecule has 0 amide bonds. The largest absolute Gasteiger partial charge is 0.495 e. The van der Waals surface area contributed by atoms with Crippen LogP contribution in [0.4, 0.5) is 11.4 Å². The van der Waals surface area contributed by atoms with Gasteiger partial charge in [0, 0.05) is 36.0 Å². The number of nitrogens with two attached hydrogens (primary N) is 1. The zero-order valence-electron chi connectivity index (χ0n) is 14.6. The second-order valence-electron chi connectivity index (χ2n) is 6.56. The van der Waals surface area contributed by atoms with Crippen molar-refractivity contribution in [3.8, 4) is 16.9 Å². The summed E-state index contributed by atoms with van der Waals surface area (Å²) in [6, 6.07) is 3.71. The molecular weight excluding hydrogens is 356 g/mol. The number of hydrogen-bond donors (Lipinski definition) is 1. The Hall–Kier alpha value is -2.26. The number of nitrogen functional groups attached to an aromatic ring is 1. The maximum atomic E-state index is 12.4. The van der Waals surface area contributed by atoms with E-state index in [1.54, 1.807) is 19.5 Å². The van der Waals surface area contributed by atoms with Gasteiger partial charge in [0.05, 0.1) is 43.7 Å². The van der Waals surface area contributed by atoms with E-state index in [-0.39, 0.29) is 5.25 Å². The molecule has 1 aliphatic carbocycles. The van der Waals surface area contributed by atoms with Gasteiger partial charge < -0.3 is 20.1 Å². The SMILES string of the molecule is COc1cc(N2CCOCC2)c(-c2cnn(S(=O)(=O)C3CC3)c2)cc1N. The summed E-state index contributed by atoms with van der Waals surface area (Å²) in [6.45, 7) is 2.77. The van der Waals surface area contributed by atoms with E-state index in [0.29, 0.717) is 43.1 Å². The lowest BCUT2D eigenvalue weighted by Gasteiger charge is -2.31. The van der Waals surface area contributed by atoms with Crippen LogP contribution in [0.25, 0.3) is 11.1 Å². The molecular formula is C17H22N4O4S. The van der Waals surface area contributed by atoms with Gasteiger partial charge >= 0.3 is 0 Å². The molecule has 1 saturated carbocycles. The molecule has 140 valence electrons. The molecule has 26 heavy (non-hydrogen) atoms. The van der Waals surface area contributed by atoms with Crippen LogP contribution in [-0.4, -0.2) is 56.3 Å². The number of methoxy groups -OCH3 is 1. The Morgan fingerprint density at radius 2 is 2.00 bits per heavy atom. The highest BCUT2D eigenvalue weighted by molar-refractivity contribution is 7.90. The Morgan fingerprint density at radius 3 is 2.65 bits per heavy atom. The third-order valence-electron chi connectivity index (χ3n) is 4.78. The van der Waals surface area contributed by atoms with Crippen molar-refractivity contribution in [2.24, 2.45) is 0 Å². The molecule has 1 aromatic heterocycles. The molecule has 2 heterocycles. The average molecular weight is 378 g/mol. The lowest BCUT2D eigenvalue weighted by atomic mass is 10.0. The summed E-state index contributed by atoms with van der Waals surface area (Å²) in [6.07, 6.45) is 4.54. The van der Waals surface area contributed by atoms with Gasteiger partial charge in [0.2, 0.25) is 0 Å². The molecule has 0 radical (unpaired) electrons. The monoisotopic (exact) mass is 378 g/mol. The molecule has 0 unspecified atom stereocenters. The number of benzene rings is 1. The van der Waals surface area contributed by atoms with Crippen molar-refractivity contribution in [1.29, 1.82) is 0 Å². The van der Waals surface area contributed by atoms with E-state index in [2.05, 4.69) is 10.00 Å². The first-order valence-corrected chi connectivity index (χ1v) is 10.1. The number of anilines is 2. The number of aromatic nitrogens is 2. The van der Waals surface area contributed by atoms with E-state index < -0.39 is 10.0 Å². The summed E-state index contributed by atoms with van der Waals surface area (Å²) in [7, 11) is -1.82. The number of nitrogens with zero attached hydrogens (tertiary/aromatic N) is 3. The van der Waals surface area contributed by atoms with Crippen LogP contribution in [0.1, 0.15) is 12.8 Å². The minimum Gasteiger partial charge on any atom is -0.495 e. The molecule has 1 aromatic carbocycles. The first kappa shape index (κ1) is 17.2. The molecule has 4 rings (SSSR count). The van der Waals surface area contributed by atoms with Crippen LogP contribution in [0.2, 0.25) is 0 Å². The van der Waals surface area contributed by atoms with Crippen LogP contribution in [-0.2, 0) is 14.8 Å². The van der Waals surface area contributed by atoms with Gasteiger partial charge in [0.15, 0.2) is 0 Å². The van der Waals surface area contributed by atoms with Crippen molar-refractivity contribution < 1.29 is 17.9 Å². The molecule has 0 spiro atoms. The third-order valence-corrected chi connectivity index (χ3v) is 6.81. The van der Waals surface area contributed by atoms with Gasteiger partial charge in [-0.1, -0.05) is 0 Å². The van der Waals surface area contributed by atoms with E-state index in [1.165, 1.54) is 0 Å². The summed E-state index contributed by atoms with van der Waals surface area (Å²) in [5.41, 5.74) is 9.08. The second kappa shape index (κ2) is 6.48. The Kier molecular flexibility index (Phi) is 4.28. The van der Waals surface area contributed by atoms with Crippen LogP contribution >= 0.6 is 0 Å². The topological polar surface area (TPSA) is 99.7 Å². The van der Waals surface area contributed by atoms with Crippen molar-refractivity contribution in [2.45, 2.75) is 18.1 Å². The standard InChI is InChI=1S/C17H22N4O4S/c1-24-17-9-16(20-4-6-25-7-5-20)14(8-15(17)18)12-10-19-21(11-12)26(22,23)13-2-3-13/h8-11,13H,2-7,18H2,1H3. The minimum absolute atomic E-state index is 0.310. The summed E-state index contributed by atoms with van der Waals surface area (Å²) < 4.78 is 36.7. The number of rotatable bonds is 5. The van der Waals surface area contributed by atoms with Gasteiger partial charge in [0.1, 0.15) is 5.75 Å². The molecule has 0 atom stereocenters. The van der Waals surface area contributed by atoms with Crippen molar-refractivity contribution in [2.75, 3.05) is 44.0 Å². The van der Waals surface area contributed by atoms with E-state index in [0.717, 1.165) is 28.4 Å². The van der Waals surface area contributed by atoms with E-state index >= 15 is 0 Å². The van der Waals surface area contributed by atoms with Gasteiger partial charge in [-0.05, 0) is 18.9 Å². The lowest BCUT2D eigenvalue weighted by molar-refractivity contribution is 0.122. The second-order valence-corrected chi connectivity index (χ2v) is 8.63. The van der Waals surface area contributed by atoms with Crippen molar-refractivity contribution in [3.63, 3.8) is 0 Å².